The highest BCUT2D eigenvalue weighted by Gasteiger charge is 2.20. The molecule has 0 saturated carbocycles. The molecule has 4 N–H and O–H groups in total. The standard InChI is InChI=1S/C22H27N3O3/c1-27-16-9-7-15(8-10-16)19(13-25-22(26)11-17(12-23)28-2)20-14-24-21-6-4-3-5-18(20)21/h3-10,14,17,19,24H,11-13,23H2,1-2H3,(H,25,26). The average Bonchev–Trinajstić information content (AvgIpc) is 3.16. The van der Waals surface area contributed by atoms with Gasteiger partial charge in [0.2, 0.25) is 5.91 Å². The molecule has 2 aromatic carbocycles. The Hall–Kier alpha value is -2.83. The number of aromatic nitrogens is 1. The first-order valence-corrected chi connectivity index (χ1v) is 9.35. The SMILES string of the molecule is COc1ccc(C(CNC(=O)CC(CN)OC)c2c[nH]c3ccccc23)cc1. The van der Waals surface area contributed by atoms with Crippen LogP contribution < -0.4 is 15.8 Å². The molecule has 0 aliphatic heterocycles. The molecule has 0 spiro atoms. The monoisotopic (exact) mass is 381 g/mol. The van der Waals surface area contributed by atoms with Gasteiger partial charge in [0.15, 0.2) is 0 Å². The summed E-state index contributed by atoms with van der Waals surface area (Å²) >= 11 is 0. The second-order valence-corrected chi connectivity index (χ2v) is 6.72. The predicted octanol–water partition coefficient (Wildman–Crippen LogP) is 2.79. The van der Waals surface area contributed by atoms with Crippen LogP contribution in [0.25, 0.3) is 10.9 Å². The van der Waals surface area contributed by atoms with Gasteiger partial charge in [-0.3, -0.25) is 4.79 Å². The fourth-order valence-electron chi connectivity index (χ4n) is 3.38. The number of carbonyl (C=O) groups excluding carboxylic acids is 1. The van der Waals surface area contributed by atoms with E-state index in [4.69, 9.17) is 15.2 Å². The zero-order chi connectivity index (χ0) is 19.9. The second kappa shape index (κ2) is 9.39. The number of aromatic amines is 1. The normalized spacial score (nSPS) is 13.2. The van der Waals surface area contributed by atoms with Crippen LogP contribution in [0.2, 0.25) is 0 Å². The molecule has 6 nitrogen and oxygen atoms in total. The Labute approximate surface area is 165 Å². The number of carbonyl (C=O) groups is 1. The average molecular weight is 381 g/mol. The van der Waals surface area contributed by atoms with Gasteiger partial charge in [0, 0.05) is 43.2 Å². The molecule has 6 heteroatoms. The van der Waals surface area contributed by atoms with Gasteiger partial charge in [-0.05, 0) is 29.3 Å². The molecule has 3 rings (SSSR count). The Balaban J connectivity index is 1.85. The Kier molecular flexibility index (Phi) is 6.68. The topological polar surface area (TPSA) is 89.4 Å². The maximum absolute atomic E-state index is 12.4. The van der Waals surface area contributed by atoms with Crippen molar-refractivity contribution in [2.45, 2.75) is 18.4 Å². The molecule has 3 aromatic rings. The van der Waals surface area contributed by atoms with Crippen molar-refractivity contribution in [2.24, 2.45) is 5.73 Å². The summed E-state index contributed by atoms with van der Waals surface area (Å²) in [5.74, 6) is 0.733. The van der Waals surface area contributed by atoms with E-state index in [1.54, 1.807) is 14.2 Å². The Bertz CT molecular complexity index is 901. The summed E-state index contributed by atoms with van der Waals surface area (Å²) in [6, 6.07) is 16.1. The molecule has 1 heterocycles. The van der Waals surface area contributed by atoms with E-state index in [9.17, 15) is 4.79 Å². The van der Waals surface area contributed by atoms with E-state index < -0.39 is 0 Å². The molecular formula is C22H27N3O3. The molecule has 1 aromatic heterocycles. The summed E-state index contributed by atoms with van der Waals surface area (Å²) in [6.07, 6.45) is 1.99. The Morgan fingerprint density at radius 1 is 1.14 bits per heavy atom. The van der Waals surface area contributed by atoms with Crippen LogP contribution in [0.15, 0.2) is 54.7 Å². The molecule has 0 aliphatic carbocycles. The van der Waals surface area contributed by atoms with E-state index in [1.165, 1.54) is 0 Å². The fourth-order valence-corrected chi connectivity index (χ4v) is 3.38. The molecule has 0 saturated heterocycles. The highest BCUT2D eigenvalue weighted by Crippen LogP contribution is 2.31. The van der Waals surface area contributed by atoms with E-state index in [0.717, 1.165) is 27.8 Å². The number of hydrogen-bond acceptors (Lipinski definition) is 4. The third-order valence-corrected chi connectivity index (χ3v) is 5.03. The molecule has 0 bridgehead atoms. The first kappa shape index (κ1) is 19.9. The number of H-pyrrole nitrogens is 1. The van der Waals surface area contributed by atoms with E-state index in [2.05, 4.69) is 16.4 Å². The van der Waals surface area contributed by atoms with Gasteiger partial charge in [0.1, 0.15) is 5.75 Å². The lowest BCUT2D eigenvalue weighted by atomic mass is 9.90. The third-order valence-electron chi connectivity index (χ3n) is 5.03. The number of benzene rings is 2. The largest absolute Gasteiger partial charge is 0.497 e. The minimum Gasteiger partial charge on any atom is -0.497 e. The van der Waals surface area contributed by atoms with Crippen LogP contribution >= 0.6 is 0 Å². The lowest BCUT2D eigenvalue weighted by Gasteiger charge is -2.19. The van der Waals surface area contributed by atoms with Crippen molar-refractivity contribution in [1.29, 1.82) is 0 Å². The van der Waals surface area contributed by atoms with Crippen LogP contribution in [0.3, 0.4) is 0 Å². The van der Waals surface area contributed by atoms with Crippen molar-refractivity contribution in [3.63, 3.8) is 0 Å². The quantitative estimate of drug-likeness (QED) is 0.532. The predicted molar refractivity (Wildman–Crippen MR) is 111 cm³/mol. The fraction of sp³-hybridized carbons (Fsp3) is 0.318. The lowest BCUT2D eigenvalue weighted by Crippen LogP contribution is -2.34. The number of nitrogens with two attached hydrogens (primary N) is 1. The van der Waals surface area contributed by atoms with Gasteiger partial charge in [-0.1, -0.05) is 30.3 Å². The minimum absolute atomic E-state index is 0.00452. The van der Waals surface area contributed by atoms with Crippen molar-refractivity contribution < 1.29 is 14.3 Å². The maximum Gasteiger partial charge on any atom is 0.222 e. The molecule has 148 valence electrons. The van der Waals surface area contributed by atoms with E-state index in [0.29, 0.717) is 13.1 Å². The molecule has 0 radical (unpaired) electrons. The summed E-state index contributed by atoms with van der Waals surface area (Å²) in [4.78, 5) is 15.7. The Morgan fingerprint density at radius 3 is 2.57 bits per heavy atom. The summed E-state index contributed by atoms with van der Waals surface area (Å²) < 4.78 is 10.5. The number of amides is 1. The van der Waals surface area contributed by atoms with Crippen LogP contribution in [-0.2, 0) is 9.53 Å². The molecule has 28 heavy (non-hydrogen) atoms. The number of rotatable bonds is 9. The number of para-hydroxylation sites is 1. The van der Waals surface area contributed by atoms with E-state index >= 15 is 0 Å². The third kappa shape index (κ3) is 4.52. The van der Waals surface area contributed by atoms with Crippen LogP contribution in [-0.4, -0.2) is 44.3 Å². The minimum atomic E-state index is -0.271. The number of methoxy groups -OCH3 is 2. The van der Waals surface area contributed by atoms with Crippen LogP contribution in [0, 0.1) is 0 Å². The van der Waals surface area contributed by atoms with Crippen molar-refractivity contribution in [3.8, 4) is 5.75 Å². The van der Waals surface area contributed by atoms with Gasteiger partial charge in [0.25, 0.3) is 0 Å². The summed E-state index contributed by atoms with van der Waals surface area (Å²) in [7, 11) is 3.22. The molecule has 1 amide bonds. The van der Waals surface area contributed by atoms with Gasteiger partial charge < -0.3 is 25.5 Å². The van der Waals surface area contributed by atoms with Gasteiger partial charge >= 0.3 is 0 Å². The molecule has 2 atom stereocenters. The summed E-state index contributed by atoms with van der Waals surface area (Å²) in [5, 5.41) is 4.19. The number of fused-ring (bicyclic) bond motifs is 1. The highest BCUT2D eigenvalue weighted by atomic mass is 16.5. The number of ether oxygens (including phenoxy) is 2. The van der Waals surface area contributed by atoms with Gasteiger partial charge in [-0.15, -0.1) is 0 Å². The van der Waals surface area contributed by atoms with Crippen LogP contribution in [0.5, 0.6) is 5.75 Å². The number of nitrogens with one attached hydrogen (secondary N) is 2. The van der Waals surface area contributed by atoms with Crippen molar-refractivity contribution in [2.75, 3.05) is 27.3 Å². The molecule has 0 aliphatic rings. The van der Waals surface area contributed by atoms with Crippen LogP contribution in [0.4, 0.5) is 0 Å². The zero-order valence-corrected chi connectivity index (χ0v) is 16.3. The van der Waals surface area contributed by atoms with Crippen molar-refractivity contribution >= 4 is 16.8 Å². The van der Waals surface area contributed by atoms with Crippen molar-refractivity contribution in [1.82, 2.24) is 10.3 Å². The first-order chi connectivity index (χ1) is 13.7. The van der Waals surface area contributed by atoms with E-state index in [1.807, 2.05) is 48.7 Å². The van der Waals surface area contributed by atoms with E-state index in [-0.39, 0.29) is 24.3 Å². The molecule has 0 fully saturated rings. The molecular weight excluding hydrogens is 354 g/mol. The van der Waals surface area contributed by atoms with Gasteiger partial charge in [-0.25, -0.2) is 0 Å². The maximum atomic E-state index is 12.4. The molecule has 2 unspecified atom stereocenters. The zero-order valence-electron chi connectivity index (χ0n) is 16.3. The summed E-state index contributed by atoms with van der Waals surface area (Å²) in [5.41, 5.74) is 8.94. The first-order valence-electron chi connectivity index (χ1n) is 9.35. The van der Waals surface area contributed by atoms with Gasteiger partial charge in [-0.2, -0.15) is 0 Å². The summed E-state index contributed by atoms with van der Waals surface area (Å²) in [6.45, 7) is 0.794. The lowest BCUT2D eigenvalue weighted by molar-refractivity contribution is -0.123. The number of hydrogen-bond donors (Lipinski definition) is 3. The van der Waals surface area contributed by atoms with Crippen molar-refractivity contribution in [3.05, 3.63) is 65.9 Å². The highest BCUT2D eigenvalue weighted by molar-refractivity contribution is 5.84. The Morgan fingerprint density at radius 2 is 1.89 bits per heavy atom. The van der Waals surface area contributed by atoms with Crippen LogP contribution in [0.1, 0.15) is 23.5 Å². The van der Waals surface area contributed by atoms with Gasteiger partial charge in [0.05, 0.1) is 19.6 Å². The smallest absolute Gasteiger partial charge is 0.222 e. The second-order valence-electron chi connectivity index (χ2n) is 6.72.